The third-order valence-electron chi connectivity index (χ3n) is 3.08. The van der Waals surface area contributed by atoms with Crippen LogP contribution in [0.25, 0.3) is 0 Å². The first-order chi connectivity index (χ1) is 10.6. The molecule has 0 aromatic rings. The Morgan fingerprint density at radius 3 is 1.83 bits per heavy atom. The van der Waals surface area contributed by atoms with Crippen molar-refractivity contribution in [2.75, 3.05) is 33.7 Å². The Bertz CT molecular complexity index is 389. The van der Waals surface area contributed by atoms with Crippen LogP contribution in [0, 0.1) is 5.41 Å². The molecule has 0 aliphatic heterocycles. The molecule has 144 valence electrons. The zero-order chi connectivity index (χ0) is 19.7. The zero-order valence-corrected chi connectivity index (χ0v) is 16.4. The molecule has 0 radical (unpaired) electrons. The van der Waals surface area contributed by atoms with Crippen molar-refractivity contribution in [2.24, 2.45) is 16.9 Å². The number of amides is 2. The lowest BCUT2D eigenvalue weighted by Crippen LogP contribution is -2.45. The summed E-state index contributed by atoms with van der Waals surface area (Å²) >= 11 is 0. The number of hydrogen-bond acceptors (Lipinski definition) is 5. The smallest absolute Gasteiger partial charge is 0.410 e. The summed E-state index contributed by atoms with van der Waals surface area (Å²) in [6.45, 7) is 12.8. The highest BCUT2D eigenvalue weighted by Gasteiger charge is 2.23. The minimum Gasteiger partial charge on any atom is -0.465 e. The van der Waals surface area contributed by atoms with Crippen LogP contribution in [-0.4, -0.2) is 72.5 Å². The van der Waals surface area contributed by atoms with Crippen LogP contribution in [0.15, 0.2) is 0 Å². The van der Waals surface area contributed by atoms with E-state index >= 15 is 0 Å². The number of hydrogen-bond donors (Lipinski definition) is 3. The maximum absolute atomic E-state index is 11.2. The quantitative estimate of drug-likeness (QED) is 0.712. The number of likely N-dealkylation sites (N-methyl/N-ethyl adjacent to an activating group) is 2. The van der Waals surface area contributed by atoms with E-state index in [2.05, 4.69) is 0 Å². The summed E-state index contributed by atoms with van der Waals surface area (Å²) < 4.78 is 5.08. The van der Waals surface area contributed by atoms with Crippen LogP contribution in [0.1, 0.15) is 41.5 Å². The van der Waals surface area contributed by atoms with Gasteiger partial charge in [-0.25, -0.2) is 9.59 Å². The molecule has 0 heterocycles. The summed E-state index contributed by atoms with van der Waals surface area (Å²) in [5.41, 5.74) is 10.6. The summed E-state index contributed by atoms with van der Waals surface area (Å²) in [7, 11) is 3.19. The van der Waals surface area contributed by atoms with E-state index in [1.165, 1.54) is 16.8 Å². The molecule has 24 heavy (non-hydrogen) atoms. The van der Waals surface area contributed by atoms with Gasteiger partial charge in [0.2, 0.25) is 0 Å². The first-order valence-corrected chi connectivity index (χ1v) is 7.95. The molecular formula is C16H36N4O4. The lowest BCUT2D eigenvalue weighted by Gasteiger charge is -2.29. The van der Waals surface area contributed by atoms with Crippen molar-refractivity contribution in [3.63, 3.8) is 0 Å². The standard InChI is InChI=1S/2C8H18N2O2/c1-8(2,3)12-7(11)10(4)6-5-9;1-8(2,3)6(9)5-10(4)7(11)12/h5-6,9H2,1-4H3;6H,5,9H2,1-4H3,(H,11,12). The second kappa shape index (κ2) is 10.4. The molecule has 5 N–H and O–H groups in total. The van der Waals surface area contributed by atoms with E-state index in [9.17, 15) is 9.59 Å². The minimum absolute atomic E-state index is 0.0519. The third kappa shape index (κ3) is 13.0. The Hall–Kier alpha value is -1.54. The van der Waals surface area contributed by atoms with E-state index in [1.54, 1.807) is 7.05 Å². The molecule has 0 aromatic heterocycles. The van der Waals surface area contributed by atoms with Gasteiger partial charge in [-0.15, -0.1) is 0 Å². The molecule has 0 bridgehead atoms. The number of rotatable bonds is 4. The number of carbonyl (C=O) groups excluding carboxylic acids is 1. The largest absolute Gasteiger partial charge is 0.465 e. The summed E-state index contributed by atoms with van der Waals surface area (Å²) in [5.74, 6) is 0. The van der Waals surface area contributed by atoms with Crippen LogP contribution in [0.4, 0.5) is 9.59 Å². The van der Waals surface area contributed by atoms with Crippen LogP contribution in [0.5, 0.6) is 0 Å². The molecule has 0 aromatic carbocycles. The fourth-order valence-electron chi connectivity index (χ4n) is 1.27. The predicted octanol–water partition coefficient (Wildman–Crippen LogP) is 1.78. The maximum atomic E-state index is 11.2. The van der Waals surface area contributed by atoms with Crippen molar-refractivity contribution < 1.29 is 19.4 Å². The van der Waals surface area contributed by atoms with Crippen molar-refractivity contribution in [1.29, 1.82) is 0 Å². The second-order valence-corrected chi connectivity index (χ2v) is 7.83. The van der Waals surface area contributed by atoms with E-state index in [1.807, 2.05) is 41.5 Å². The first kappa shape index (κ1) is 24.7. The minimum atomic E-state index is -0.935. The van der Waals surface area contributed by atoms with Gasteiger partial charge in [0.25, 0.3) is 0 Å². The highest BCUT2D eigenvalue weighted by atomic mass is 16.6. The van der Waals surface area contributed by atoms with E-state index in [4.69, 9.17) is 21.3 Å². The Morgan fingerprint density at radius 1 is 1.08 bits per heavy atom. The van der Waals surface area contributed by atoms with Crippen LogP contribution in [0.2, 0.25) is 0 Å². The number of nitrogens with zero attached hydrogens (tertiary/aromatic N) is 2. The van der Waals surface area contributed by atoms with Gasteiger partial charge in [-0.3, -0.25) is 0 Å². The lowest BCUT2D eigenvalue weighted by atomic mass is 9.87. The molecule has 0 saturated carbocycles. The maximum Gasteiger partial charge on any atom is 0.410 e. The summed E-state index contributed by atoms with van der Waals surface area (Å²) in [6, 6.07) is -0.126. The number of carboxylic acid groups (broad SMARTS) is 1. The zero-order valence-electron chi connectivity index (χ0n) is 16.4. The van der Waals surface area contributed by atoms with Gasteiger partial charge in [0, 0.05) is 39.8 Å². The van der Waals surface area contributed by atoms with E-state index in [0.717, 1.165) is 0 Å². The normalized spacial score (nSPS) is 12.6. The lowest BCUT2D eigenvalue weighted by molar-refractivity contribution is 0.0303. The highest BCUT2D eigenvalue weighted by Crippen LogP contribution is 2.17. The van der Waals surface area contributed by atoms with Crippen LogP contribution in [-0.2, 0) is 4.74 Å². The summed E-state index contributed by atoms with van der Waals surface area (Å²) in [5, 5.41) is 8.57. The van der Waals surface area contributed by atoms with Gasteiger partial charge < -0.3 is 31.1 Å². The van der Waals surface area contributed by atoms with Crippen LogP contribution < -0.4 is 11.5 Å². The molecule has 1 unspecified atom stereocenters. The second-order valence-electron chi connectivity index (χ2n) is 7.83. The van der Waals surface area contributed by atoms with Gasteiger partial charge in [0.1, 0.15) is 5.60 Å². The molecule has 0 aliphatic rings. The Labute approximate surface area is 146 Å². The average Bonchev–Trinajstić information content (AvgIpc) is 2.36. The van der Waals surface area contributed by atoms with Gasteiger partial charge in [0.15, 0.2) is 0 Å². The van der Waals surface area contributed by atoms with E-state index in [-0.39, 0.29) is 17.6 Å². The molecule has 0 aliphatic carbocycles. The molecular weight excluding hydrogens is 312 g/mol. The van der Waals surface area contributed by atoms with E-state index in [0.29, 0.717) is 19.6 Å². The molecule has 0 saturated heterocycles. The third-order valence-corrected chi connectivity index (χ3v) is 3.08. The number of ether oxygens (including phenoxy) is 1. The van der Waals surface area contributed by atoms with Crippen molar-refractivity contribution in [1.82, 2.24) is 9.80 Å². The van der Waals surface area contributed by atoms with Gasteiger partial charge in [-0.2, -0.15) is 0 Å². The fraction of sp³-hybridized carbons (Fsp3) is 0.875. The molecule has 1 atom stereocenters. The molecule has 2 amide bonds. The SMILES string of the molecule is CN(CC(N)C(C)(C)C)C(=O)O.CN(CCN)C(=O)OC(C)(C)C. The molecule has 8 heteroatoms. The Balaban J connectivity index is 0. The summed E-state index contributed by atoms with van der Waals surface area (Å²) in [4.78, 5) is 24.3. The fourth-order valence-corrected chi connectivity index (χ4v) is 1.27. The highest BCUT2D eigenvalue weighted by molar-refractivity contribution is 5.67. The molecule has 0 spiro atoms. The van der Waals surface area contributed by atoms with Crippen molar-refractivity contribution in [3.8, 4) is 0 Å². The Morgan fingerprint density at radius 2 is 1.54 bits per heavy atom. The Kier molecular flexibility index (Phi) is 10.7. The number of nitrogens with two attached hydrogens (primary N) is 2. The van der Waals surface area contributed by atoms with Gasteiger partial charge in [-0.1, -0.05) is 20.8 Å². The van der Waals surface area contributed by atoms with Crippen LogP contribution >= 0.6 is 0 Å². The monoisotopic (exact) mass is 348 g/mol. The predicted molar refractivity (Wildman–Crippen MR) is 96.0 cm³/mol. The van der Waals surface area contributed by atoms with Crippen LogP contribution in [0.3, 0.4) is 0 Å². The van der Waals surface area contributed by atoms with Gasteiger partial charge in [0.05, 0.1) is 0 Å². The number of carbonyl (C=O) groups is 2. The molecule has 0 rings (SSSR count). The van der Waals surface area contributed by atoms with Crippen molar-refractivity contribution in [3.05, 3.63) is 0 Å². The van der Waals surface area contributed by atoms with Crippen molar-refractivity contribution >= 4 is 12.2 Å². The van der Waals surface area contributed by atoms with Crippen molar-refractivity contribution in [2.45, 2.75) is 53.2 Å². The summed E-state index contributed by atoms with van der Waals surface area (Å²) in [6.07, 6.45) is -1.26. The van der Waals surface area contributed by atoms with Gasteiger partial charge in [-0.05, 0) is 26.2 Å². The topological polar surface area (TPSA) is 122 Å². The van der Waals surface area contributed by atoms with E-state index < -0.39 is 11.7 Å². The first-order valence-electron chi connectivity index (χ1n) is 7.95. The molecule has 8 nitrogen and oxygen atoms in total. The average molecular weight is 348 g/mol. The molecule has 0 fully saturated rings. The van der Waals surface area contributed by atoms with Gasteiger partial charge >= 0.3 is 12.2 Å².